The normalized spacial score (nSPS) is 27.8. The Kier molecular flexibility index (Phi) is 5.19. The molecule has 2 aromatic heterocycles. The van der Waals surface area contributed by atoms with Gasteiger partial charge in [-0.05, 0) is 29.6 Å². The van der Waals surface area contributed by atoms with Gasteiger partial charge in [0.2, 0.25) is 6.29 Å². The predicted molar refractivity (Wildman–Crippen MR) is 100 cm³/mol. The maximum atomic E-state index is 12.3. The van der Waals surface area contributed by atoms with Crippen LogP contribution in [-0.2, 0) is 4.74 Å². The molecule has 4 N–H and O–H groups in total. The zero-order valence-electron chi connectivity index (χ0n) is 14.5. The van der Waals surface area contributed by atoms with E-state index < -0.39 is 42.9 Å². The van der Waals surface area contributed by atoms with Gasteiger partial charge in [0.1, 0.15) is 35.7 Å². The van der Waals surface area contributed by atoms with Gasteiger partial charge in [0, 0.05) is 16.3 Å². The molecule has 4 rings (SSSR count). The molecule has 0 radical (unpaired) electrons. The lowest BCUT2D eigenvalue weighted by Gasteiger charge is -2.39. The molecule has 5 atom stereocenters. The summed E-state index contributed by atoms with van der Waals surface area (Å²) in [5.74, 6) is 0.226. The Morgan fingerprint density at radius 3 is 2.61 bits per heavy atom. The molecule has 5 unspecified atom stereocenters. The predicted octanol–water partition coefficient (Wildman–Crippen LogP) is 0.700. The Labute approximate surface area is 162 Å². The van der Waals surface area contributed by atoms with Gasteiger partial charge in [-0.1, -0.05) is 6.07 Å². The number of thiophene rings is 1. The first-order chi connectivity index (χ1) is 13.5. The number of aliphatic hydroxyl groups is 4. The van der Waals surface area contributed by atoms with Crippen molar-refractivity contribution in [1.29, 1.82) is 0 Å². The summed E-state index contributed by atoms with van der Waals surface area (Å²) in [4.78, 5) is 13.1. The molecule has 0 saturated carbocycles. The van der Waals surface area contributed by atoms with E-state index in [4.69, 9.17) is 13.9 Å². The van der Waals surface area contributed by atoms with E-state index in [1.165, 1.54) is 17.4 Å². The van der Waals surface area contributed by atoms with Crippen molar-refractivity contribution in [3.63, 3.8) is 0 Å². The highest BCUT2D eigenvalue weighted by atomic mass is 32.1. The molecule has 1 fully saturated rings. The molecule has 0 aliphatic carbocycles. The summed E-state index contributed by atoms with van der Waals surface area (Å²) in [5.41, 5.74) is 0.262. The van der Waals surface area contributed by atoms with E-state index in [1.54, 1.807) is 18.2 Å². The summed E-state index contributed by atoms with van der Waals surface area (Å²) in [6.45, 7) is -0.553. The van der Waals surface area contributed by atoms with Crippen molar-refractivity contribution in [2.24, 2.45) is 0 Å². The summed E-state index contributed by atoms with van der Waals surface area (Å²) >= 11 is 1.43. The molecule has 3 aromatic rings. The van der Waals surface area contributed by atoms with E-state index in [2.05, 4.69) is 0 Å². The van der Waals surface area contributed by atoms with Crippen molar-refractivity contribution >= 4 is 22.3 Å². The number of benzene rings is 1. The average Bonchev–Trinajstić information content (AvgIpc) is 3.22. The fourth-order valence-electron chi connectivity index (χ4n) is 3.07. The summed E-state index contributed by atoms with van der Waals surface area (Å²) in [5, 5.41) is 41.5. The monoisotopic (exact) mass is 406 g/mol. The van der Waals surface area contributed by atoms with Crippen LogP contribution in [0, 0.1) is 0 Å². The zero-order valence-corrected chi connectivity index (χ0v) is 15.3. The van der Waals surface area contributed by atoms with Crippen LogP contribution in [-0.4, -0.2) is 57.7 Å². The van der Waals surface area contributed by atoms with E-state index in [-0.39, 0.29) is 11.3 Å². The summed E-state index contributed by atoms with van der Waals surface area (Å²) < 4.78 is 16.3. The minimum atomic E-state index is -1.54. The molecule has 1 aromatic carbocycles. The second-order valence-corrected chi connectivity index (χ2v) is 7.39. The summed E-state index contributed by atoms with van der Waals surface area (Å²) in [6.07, 6.45) is -6.92. The number of hydrogen-bond donors (Lipinski definition) is 4. The van der Waals surface area contributed by atoms with Gasteiger partial charge in [-0.15, -0.1) is 11.3 Å². The smallest absolute Gasteiger partial charge is 0.345 e. The van der Waals surface area contributed by atoms with Crippen LogP contribution in [0.2, 0.25) is 0 Å². The topological polar surface area (TPSA) is 130 Å². The molecule has 28 heavy (non-hydrogen) atoms. The third-order valence-electron chi connectivity index (χ3n) is 4.59. The van der Waals surface area contributed by atoms with Crippen LogP contribution in [0.25, 0.3) is 21.4 Å². The van der Waals surface area contributed by atoms with Crippen molar-refractivity contribution in [3.05, 3.63) is 52.2 Å². The number of hydrogen-bond acceptors (Lipinski definition) is 9. The Hall–Kier alpha value is -2.27. The van der Waals surface area contributed by atoms with Crippen molar-refractivity contribution in [1.82, 2.24) is 0 Å². The SMILES string of the molecule is O=c1oc2cc(OC3OC(CO)C(O)C(O)C3O)ccc2cc1-c1cccs1. The Bertz CT molecular complexity index is 1010. The number of rotatable bonds is 4. The molecular formula is C19H18O8S. The van der Waals surface area contributed by atoms with Crippen LogP contribution < -0.4 is 10.4 Å². The Balaban J connectivity index is 1.61. The fourth-order valence-corrected chi connectivity index (χ4v) is 3.80. The van der Waals surface area contributed by atoms with Crippen LogP contribution in [0.3, 0.4) is 0 Å². The molecule has 1 aliphatic heterocycles. The van der Waals surface area contributed by atoms with Gasteiger partial charge in [0.05, 0.1) is 12.2 Å². The van der Waals surface area contributed by atoms with Crippen molar-refractivity contribution in [2.75, 3.05) is 6.61 Å². The third kappa shape index (κ3) is 3.44. The maximum Gasteiger partial charge on any atom is 0.345 e. The first-order valence-corrected chi connectivity index (χ1v) is 9.45. The Morgan fingerprint density at radius 1 is 1.07 bits per heavy atom. The van der Waals surface area contributed by atoms with E-state index in [1.807, 2.05) is 17.5 Å². The number of aliphatic hydroxyl groups excluding tert-OH is 4. The van der Waals surface area contributed by atoms with Crippen LogP contribution in [0.4, 0.5) is 0 Å². The first kappa shape index (κ1) is 19.1. The van der Waals surface area contributed by atoms with E-state index in [0.29, 0.717) is 10.9 Å². The molecule has 1 saturated heterocycles. The quantitative estimate of drug-likeness (QED) is 0.466. The minimum Gasteiger partial charge on any atom is -0.462 e. The molecule has 0 bridgehead atoms. The van der Waals surface area contributed by atoms with Crippen LogP contribution in [0.15, 0.2) is 51.0 Å². The first-order valence-electron chi connectivity index (χ1n) is 8.57. The molecule has 8 nitrogen and oxygen atoms in total. The van der Waals surface area contributed by atoms with Crippen molar-refractivity contribution < 1.29 is 34.3 Å². The van der Waals surface area contributed by atoms with Crippen molar-refractivity contribution in [2.45, 2.75) is 30.7 Å². The fraction of sp³-hybridized carbons (Fsp3) is 0.316. The Morgan fingerprint density at radius 2 is 1.89 bits per heavy atom. The van der Waals surface area contributed by atoms with Gasteiger partial charge < -0.3 is 34.3 Å². The second kappa shape index (κ2) is 7.63. The molecule has 3 heterocycles. The standard InChI is InChI=1S/C19H18O8S/c20-8-13-15(21)16(22)17(23)19(27-13)25-10-4-3-9-6-11(14-2-1-5-28-14)18(24)26-12(9)7-10/h1-7,13,15-17,19-23H,8H2. The molecular weight excluding hydrogens is 388 g/mol. The van der Waals surface area contributed by atoms with Gasteiger partial charge in [0.25, 0.3) is 0 Å². The van der Waals surface area contributed by atoms with Gasteiger partial charge in [0.15, 0.2) is 0 Å². The third-order valence-corrected chi connectivity index (χ3v) is 5.50. The molecule has 9 heteroatoms. The lowest BCUT2D eigenvalue weighted by Crippen LogP contribution is -2.60. The molecule has 148 valence electrons. The molecule has 0 amide bonds. The molecule has 0 spiro atoms. The van der Waals surface area contributed by atoms with E-state index in [0.717, 1.165) is 4.88 Å². The van der Waals surface area contributed by atoms with Gasteiger partial charge in [-0.25, -0.2) is 4.79 Å². The van der Waals surface area contributed by atoms with Gasteiger partial charge in [-0.3, -0.25) is 0 Å². The largest absolute Gasteiger partial charge is 0.462 e. The maximum absolute atomic E-state index is 12.3. The van der Waals surface area contributed by atoms with Crippen LogP contribution >= 0.6 is 11.3 Å². The minimum absolute atomic E-state index is 0.226. The molecule has 1 aliphatic rings. The van der Waals surface area contributed by atoms with Crippen LogP contribution in [0.5, 0.6) is 5.75 Å². The van der Waals surface area contributed by atoms with E-state index >= 15 is 0 Å². The summed E-state index contributed by atoms with van der Waals surface area (Å²) in [7, 11) is 0. The average molecular weight is 406 g/mol. The number of ether oxygens (including phenoxy) is 2. The summed E-state index contributed by atoms with van der Waals surface area (Å²) in [6, 6.07) is 10.2. The van der Waals surface area contributed by atoms with Crippen molar-refractivity contribution in [3.8, 4) is 16.2 Å². The highest BCUT2D eigenvalue weighted by Crippen LogP contribution is 2.29. The lowest BCUT2D eigenvalue weighted by atomic mass is 9.99. The lowest BCUT2D eigenvalue weighted by molar-refractivity contribution is -0.277. The zero-order chi connectivity index (χ0) is 19.8. The van der Waals surface area contributed by atoms with Gasteiger partial charge >= 0.3 is 5.63 Å². The van der Waals surface area contributed by atoms with Crippen LogP contribution in [0.1, 0.15) is 0 Å². The van der Waals surface area contributed by atoms with Gasteiger partial charge in [-0.2, -0.15) is 0 Å². The number of fused-ring (bicyclic) bond motifs is 1. The highest BCUT2D eigenvalue weighted by molar-refractivity contribution is 7.13. The van der Waals surface area contributed by atoms with E-state index in [9.17, 15) is 25.2 Å². The highest BCUT2D eigenvalue weighted by Gasteiger charge is 2.44. The second-order valence-electron chi connectivity index (χ2n) is 6.44.